The van der Waals surface area contributed by atoms with E-state index < -0.39 is 5.97 Å². The first kappa shape index (κ1) is 9.24. The summed E-state index contributed by atoms with van der Waals surface area (Å²) in [4.78, 5) is 10.7. The van der Waals surface area contributed by atoms with E-state index in [2.05, 4.69) is 17.9 Å². The molecule has 0 aromatic carbocycles. The molecular weight excluding hydrogens is 152 g/mol. The van der Waals surface area contributed by atoms with E-state index in [-0.39, 0.29) is 6.07 Å². The van der Waals surface area contributed by atoms with Gasteiger partial charge in [-0.05, 0) is 6.42 Å². The van der Waals surface area contributed by atoms with Crippen LogP contribution < -0.4 is 0 Å². The summed E-state index contributed by atoms with van der Waals surface area (Å²) < 4.78 is 4.44. The highest BCUT2D eigenvalue weighted by atomic mass is 35.5. The Bertz CT molecular complexity index is 152. The highest BCUT2D eigenvalue weighted by Gasteiger charge is 2.04. The molecule has 0 bridgehead atoms. The number of ether oxygens (including phenoxy) is 1. The quantitative estimate of drug-likeness (QED) is 0.272. The van der Waals surface area contributed by atoms with E-state index in [0.717, 1.165) is 0 Å². The topological polar surface area (TPSA) is 26.3 Å². The molecule has 0 aliphatic heterocycles. The fraction of sp³-hybridized carbons (Fsp3) is 0.286. The monoisotopic (exact) mass is 160 g/mol. The van der Waals surface area contributed by atoms with E-state index in [4.69, 9.17) is 11.6 Å². The van der Waals surface area contributed by atoms with Crippen molar-refractivity contribution in [1.82, 2.24) is 0 Å². The summed E-state index contributed by atoms with van der Waals surface area (Å²) in [6, 6.07) is -0.130. The molecule has 0 amide bonds. The van der Waals surface area contributed by atoms with Crippen molar-refractivity contribution in [3.8, 4) is 0 Å². The zero-order chi connectivity index (χ0) is 7.98. The number of allylic oxidation sites excluding steroid dienone is 1. The van der Waals surface area contributed by atoms with Crippen molar-refractivity contribution in [3.05, 3.63) is 24.8 Å². The predicted octanol–water partition coefficient (Wildman–Crippen LogP) is 1.86. The van der Waals surface area contributed by atoms with Gasteiger partial charge in [-0.15, -0.1) is 6.58 Å². The minimum Gasteiger partial charge on any atom is -0.446 e. The summed E-state index contributed by atoms with van der Waals surface area (Å²) in [5, 5.41) is 0. The lowest BCUT2D eigenvalue weighted by atomic mass is 10.2. The molecule has 0 aliphatic rings. The minimum absolute atomic E-state index is 0.130. The van der Waals surface area contributed by atoms with E-state index >= 15 is 0 Å². The molecule has 0 heterocycles. The number of alkyl halides is 1. The molecule has 0 unspecified atom stereocenters. The molecular formula is C7H9ClO2. The van der Waals surface area contributed by atoms with Crippen molar-refractivity contribution in [1.29, 1.82) is 0 Å². The second kappa shape index (κ2) is 5.06. The van der Waals surface area contributed by atoms with Gasteiger partial charge in [0.05, 0.1) is 0 Å². The molecule has 0 saturated carbocycles. The Morgan fingerprint density at radius 1 is 1.70 bits per heavy atom. The van der Waals surface area contributed by atoms with Gasteiger partial charge in [-0.25, -0.2) is 4.79 Å². The highest BCUT2D eigenvalue weighted by Crippen LogP contribution is 2.01. The Labute approximate surface area is 65.1 Å². The van der Waals surface area contributed by atoms with Crippen LogP contribution in [0.25, 0.3) is 0 Å². The van der Waals surface area contributed by atoms with Gasteiger partial charge >= 0.3 is 5.97 Å². The first-order valence-corrected chi connectivity index (χ1v) is 3.27. The lowest BCUT2D eigenvalue weighted by Gasteiger charge is -1.99. The molecule has 0 aliphatic carbocycles. The number of hydrogen-bond acceptors (Lipinski definition) is 2. The number of rotatable bonds is 4. The summed E-state index contributed by atoms with van der Waals surface area (Å²) in [6.45, 7) is 6.90. The summed E-state index contributed by atoms with van der Waals surface area (Å²) >= 11 is 5.13. The molecule has 56 valence electrons. The van der Waals surface area contributed by atoms with Gasteiger partial charge < -0.3 is 4.74 Å². The maximum atomic E-state index is 10.7. The van der Waals surface area contributed by atoms with Crippen LogP contribution in [-0.4, -0.2) is 12.0 Å². The molecule has 0 N–H and O–H groups in total. The fourth-order valence-corrected chi connectivity index (χ4v) is 0.508. The van der Waals surface area contributed by atoms with Crippen molar-refractivity contribution in [2.75, 3.05) is 6.07 Å². The van der Waals surface area contributed by atoms with Gasteiger partial charge in [0.25, 0.3) is 0 Å². The average molecular weight is 161 g/mol. The third kappa shape index (κ3) is 3.30. The van der Waals surface area contributed by atoms with Crippen LogP contribution in [0, 0.1) is 0 Å². The van der Waals surface area contributed by atoms with E-state index in [9.17, 15) is 4.79 Å². The highest BCUT2D eigenvalue weighted by molar-refractivity contribution is 6.17. The summed E-state index contributed by atoms with van der Waals surface area (Å²) in [6.07, 6.45) is 2.02. The number of esters is 1. The number of hydrogen-bond donors (Lipinski definition) is 0. The number of carbonyl (C=O) groups is 1. The smallest absolute Gasteiger partial charge is 0.334 e. The lowest BCUT2D eigenvalue weighted by molar-refractivity contribution is -0.137. The van der Waals surface area contributed by atoms with Crippen molar-refractivity contribution in [2.24, 2.45) is 0 Å². The third-order valence-corrected chi connectivity index (χ3v) is 0.974. The maximum Gasteiger partial charge on any atom is 0.334 e. The minimum atomic E-state index is -0.463. The summed E-state index contributed by atoms with van der Waals surface area (Å²) in [7, 11) is 0. The van der Waals surface area contributed by atoms with Crippen LogP contribution in [0.2, 0.25) is 0 Å². The van der Waals surface area contributed by atoms with Gasteiger partial charge in [-0.2, -0.15) is 0 Å². The van der Waals surface area contributed by atoms with E-state index in [0.29, 0.717) is 12.0 Å². The Balaban J connectivity index is 3.70. The third-order valence-electron chi connectivity index (χ3n) is 0.865. The first-order chi connectivity index (χ1) is 4.72. The zero-order valence-electron chi connectivity index (χ0n) is 5.60. The summed E-state index contributed by atoms with van der Waals surface area (Å²) in [5.41, 5.74) is 0.371. The largest absolute Gasteiger partial charge is 0.446 e. The molecule has 0 rings (SSSR count). The molecule has 3 heteroatoms. The molecule has 0 aromatic rings. The molecule has 0 radical (unpaired) electrons. The van der Waals surface area contributed by atoms with Crippen LogP contribution in [0.15, 0.2) is 24.8 Å². The van der Waals surface area contributed by atoms with Gasteiger partial charge in [-0.3, -0.25) is 0 Å². The molecule has 0 fully saturated rings. The van der Waals surface area contributed by atoms with Crippen LogP contribution >= 0.6 is 11.6 Å². The van der Waals surface area contributed by atoms with E-state index in [1.165, 1.54) is 0 Å². The molecule has 0 atom stereocenters. The summed E-state index contributed by atoms with van der Waals surface area (Å²) in [5.74, 6) is -0.463. The van der Waals surface area contributed by atoms with Crippen molar-refractivity contribution in [2.45, 2.75) is 6.42 Å². The second-order valence-corrected chi connectivity index (χ2v) is 1.86. The molecule has 2 nitrogen and oxygen atoms in total. The molecule has 0 aromatic heterocycles. The van der Waals surface area contributed by atoms with Crippen LogP contribution in [-0.2, 0) is 9.53 Å². The fourth-order valence-electron chi connectivity index (χ4n) is 0.409. The number of halogens is 1. The van der Waals surface area contributed by atoms with Crippen molar-refractivity contribution >= 4 is 17.6 Å². The SMILES string of the molecule is C=CCC(=C)C(=O)OCCl. The molecule has 10 heavy (non-hydrogen) atoms. The Morgan fingerprint density at radius 2 is 2.30 bits per heavy atom. The van der Waals surface area contributed by atoms with Crippen LogP contribution in [0.3, 0.4) is 0 Å². The Morgan fingerprint density at radius 3 is 2.70 bits per heavy atom. The lowest BCUT2D eigenvalue weighted by Crippen LogP contribution is -2.04. The van der Waals surface area contributed by atoms with Crippen LogP contribution in [0.5, 0.6) is 0 Å². The first-order valence-electron chi connectivity index (χ1n) is 2.74. The predicted molar refractivity (Wildman–Crippen MR) is 40.8 cm³/mol. The number of carbonyl (C=O) groups excluding carboxylic acids is 1. The standard InChI is InChI=1S/C7H9ClO2/c1-3-4-6(2)7(9)10-5-8/h3H,1-2,4-5H2. The van der Waals surface area contributed by atoms with Gasteiger partial charge in [0.2, 0.25) is 0 Å². The molecule has 0 spiro atoms. The van der Waals surface area contributed by atoms with Crippen LogP contribution in [0.4, 0.5) is 0 Å². The Kier molecular flexibility index (Phi) is 4.67. The average Bonchev–Trinajstić information content (AvgIpc) is 1.89. The zero-order valence-corrected chi connectivity index (χ0v) is 6.36. The van der Waals surface area contributed by atoms with Gasteiger partial charge in [0.1, 0.15) is 0 Å². The normalized spacial score (nSPS) is 8.50. The van der Waals surface area contributed by atoms with Crippen molar-refractivity contribution in [3.63, 3.8) is 0 Å². The second-order valence-electron chi connectivity index (χ2n) is 1.64. The van der Waals surface area contributed by atoms with Gasteiger partial charge in [0.15, 0.2) is 6.07 Å². The van der Waals surface area contributed by atoms with Gasteiger partial charge in [-0.1, -0.05) is 24.3 Å². The van der Waals surface area contributed by atoms with E-state index in [1.54, 1.807) is 6.08 Å². The van der Waals surface area contributed by atoms with Crippen molar-refractivity contribution < 1.29 is 9.53 Å². The molecule has 0 saturated heterocycles. The van der Waals surface area contributed by atoms with E-state index in [1.807, 2.05) is 0 Å². The van der Waals surface area contributed by atoms with Crippen LogP contribution in [0.1, 0.15) is 6.42 Å². The maximum absolute atomic E-state index is 10.7. The Hall–Kier alpha value is -0.760. The van der Waals surface area contributed by atoms with Gasteiger partial charge in [0, 0.05) is 5.57 Å².